The highest BCUT2D eigenvalue weighted by atomic mass is 16.5. The summed E-state index contributed by atoms with van der Waals surface area (Å²) in [5.41, 5.74) is 10.3. The molecule has 106 valence electrons. The molecule has 0 bridgehead atoms. The highest BCUT2D eigenvalue weighted by Gasteiger charge is 2.20. The van der Waals surface area contributed by atoms with Gasteiger partial charge in [-0.15, -0.1) is 0 Å². The summed E-state index contributed by atoms with van der Waals surface area (Å²) in [6.45, 7) is 10.7. The molecule has 0 spiro atoms. The number of benzene rings is 2. The Balaban J connectivity index is 2.46. The van der Waals surface area contributed by atoms with E-state index in [9.17, 15) is 0 Å². The second-order valence-corrected chi connectivity index (χ2v) is 6.34. The number of nitrogen functional groups attached to an aromatic ring is 1. The molecule has 20 heavy (non-hydrogen) atoms. The van der Waals surface area contributed by atoms with Gasteiger partial charge in [0.05, 0.1) is 5.69 Å². The van der Waals surface area contributed by atoms with Crippen molar-refractivity contribution >= 4 is 5.69 Å². The van der Waals surface area contributed by atoms with Gasteiger partial charge >= 0.3 is 0 Å². The van der Waals surface area contributed by atoms with Crippen molar-refractivity contribution in [3.63, 3.8) is 0 Å². The van der Waals surface area contributed by atoms with Gasteiger partial charge in [-0.05, 0) is 37.0 Å². The first-order chi connectivity index (χ1) is 9.29. The zero-order valence-corrected chi connectivity index (χ0v) is 12.9. The summed E-state index contributed by atoms with van der Waals surface area (Å²) in [6, 6.07) is 12.1. The van der Waals surface area contributed by atoms with E-state index in [1.165, 1.54) is 11.1 Å². The Bertz CT molecular complexity index is 624. The molecule has 0 saturated heterocycles. The van der Waals surface area contributed by atoms with Gasteiger partial charge in [0, 0.05) is 5.56 Å². The van der Waals surface area contributed by atoms with Crippen LogP contribution in [0.2, 0.25) is 0 Å². The predicted octanol–water partition coefficient (Wildman–Crippen LogP) is 4.98. The number of para-hydroxylation sites is 1. The van der Waals surface area contributed by atoms with Crippen LogP contribution in [0.15, 0.2) is 36.4 Å². The fraction of sp³-hybridized carbons (Fsp3) is 0.333. The standard InChI is InChI=1S/C18H23NO/c1-12-9-10-15(14(11-12)18(3,4)5)20-16-8-6-7-13(2)17(16)19/h6-11H,19H2,1-5H3. The third-order valence-electron chi connectivity index (χ3n) is 3.45. The lowest BCUT2D eigenvalue weighted by Crippen LogP contribution is -2.13. The zero-order chi connectivity index (χ0) is 14.9. The molecular weight excluding hydrogens is 246 g/mol. The van der Waals surface area contributed by atoms with Crippen molar-refractivity contribution in [2.45, 2.75) is 40.0 Å². The molecule has 0 fully saturated rings. The molecule has 2 aromatic carbocycles. The van der Waals surface area contributed by atoms with Crippen LogP contribution in [0.25, 0.3) is 0 Å². The van der Waals surface area contributed by atoms with Crippen molar-refractivity contribution in [2.24, 2.45) is 0 Å². The largest absolute Gasteiger partial charge is 0.455 e. The Labute approximate surface area is 121 Å². The number of rotatable bonds is 2. The second kappa shape index (κ2) is 5.20. The molecular formula is C18H23NO. The number of aryl methyl sites for hydroxylation is 2. The summed E-state index contributed by atoms with van der Waals surface area (Å²) < 4.78 is 6.08. The van der Waals surface area contributed by atoms with E-state index >= 15 is 0 Å². The molecule has 0 unspecified atom stereocenters. The highest BCUT2D eigenvalue weighted by Crippen LogP contribution is 2.37. The molecule has 2 N–H and O–H groups in total. The first-order valence-electron chi connectivity index (χ1n) is 6.93. The zero-order valence-electron chi connectivity index (χ0n) is 12.9. The summed E-state index contributed by atoms with van der Waals surface area (Å²) in [7, 11) is 0. The van der Waals surface area contributed by atoms with Crippen LogP contribution in [0, 0.1) is 13.8 Å². The molecule has 2 heteroatoms. The molecule has 2 nitrogen and oxygen atoms in total. The molecule has 0 amide bonds. The molecule has 0 radical (unpaired) electrons. The number of hydrogen-bond donors (Lipinski definition) is 1. The third kappa shape index (κ3) is 2.96. The van der Waals surface area contributed by atoms with Gasteiger partial charge < -0.3 is 10.5 Å². The maximum absolute atomic E-state index is 6.09. The number of ether oxygens (including phenoxy) is 1. The summed E-state index contributed by atoms with van der Waals surface area (Å²) in [6.07, 6.45) is 0. The van der Waals surface area contributed by atoms with Crippen LogP contribution < -0.4 is 10.5 Å². The number of hydrogen-bond acceptors (Lipinski definition) is 2. The van der Waals surface area contributed by atoms with Crippen LogP contribution in [-0.2, 0) is 5.41 Å². The normalized spacial score (nSPS) is 11.4. The first kappa shape index (κ1) is 14.4. The fourth-order valence-electron chi connectivity index (χ4n) is 2.18. The first-order valence-corrected chi connectivity index (χ1v) is 6.93. The maximum atomic E-state index is 6.09. The number of nitrogens with two attached hydrogens (primary N) is 1. The third-order valence-corrected chi connectivity index (χ3v) is 3.45. The van der Waals surface area contributed by atoms with Crippen molar-refractivity contribution in [1.29, 1.82) is 0 Å². The van der Waals surface area contributed by atoms with Gasteiger partial charge in [-0.1, -0.05) is 50.6 Å². The van der Waals surface area contributed by atoms with Crippen molar-refractivity contribution in [3.8, 4) is 11.5 Å². The molecule has 0 aliphatic carbocycles. The van der Waals surface area contributed by atoms with Crippen LogP contribution in [0.3, 0.4) is 0 Å². The van der Waals surface area contributed by atoms with E-state index < -0.39 is 0 Å². The lowest BCUT2D eigenvalue weighted by atomic mass is 9.85. The van der Waals surface area contributed by atoms with Crippen LogP contribution in [-0.4, -0.2) is 0 Å². The van der Waals surface area contributed by atoms with Crippen molar-refractivity contribution in [1.82, 2.24) is 0 Å². The molecule has 0 atom stereocenters. The molecule has 2 aromatic rings. The maximum Gasteiger partial charge on any atom is 0.150 e. The Morgan fingerprint density at radius 1 is 0.950 bits per heavy atom. The molecule has 0 heterocycles. The van der Waals surface area contributed by atoms with Gasteiger partial charge in [0.2, 0.25) is 0 Å². The van der Waals surface area contributed by atoms with E-state index in [2.05, 4.69) is 39.8 Å². The summed E-state index contributed by atoms with van der Waals surface area (Å²) in [4.78, 5) is 0. The van der Waals surface area contributed by atoms with E-state index in [0.29, 0.717) is 5.69 Å². The minimum absolute atomic E-state index is 0.0277. The van der Waals surface area contributed by atoms with Crippen molar-refractivity contribution < 1.29 is 4.74 Å². The van der Waals surface area contributed by atoms with E-state index in [1.807, 2.05) is 31.2 Å². The molecule has 0 aromatic heterocycles. The van der Waals surface area contributed by atoms with Crippen LogP contribution in [0.5, 0.6) is 11.5 Å². The lowest BCUT2D eigenvalue weighted by Gasteiger charge is -2.23. The van der Waals surface area contributed by atoms with E-state index in [4.69, 9.17) is 10.5 Å². The fourth-order valence-corrected chi connectivity index (χ4v) is 2.18. The van der Waals surface area contributed by atoms with Crippen LogP contribution in [0.1, 0.15) is 37.5 Å². The highest BCUT2D eigenvalue weighted by molar-refractivity contribution is 5.59. The monoisotopic (exact) mass is 269 g/mol. The Morgan fingerprint density at radius 2 is 1.65 bits per heavy atom. The topological polar surface area (TPSA) is 35.2 Å². The van der Waals surface area contributed by atoms with E-state index in [1.54, 1.807) is 0 Å². The second-order valence-electron chi connectivity index (χ2n) is 6.34. The minimum Gasteiger partial charge on any atom is -0.455 e. The quantitative estimate of drug-likeness (QED) is 0.781. The molecule has 2 rings (SSSR count). The van der Waals surface area contributed by atoms with Gasteiger partial charge in [0.25, 0.3) is 0 Å². The Kier molecular flexibility index (Phi) is 3.76. The van der Waals surface area contributed by atoms with Gasteiger partial charge in [-0.25, -0.2) is 0 Å². The SMILES string of the molecule is Cc1ccc(Oc2cccc(C)c2N)c(C(C)(C)C)c1. The molecule has 0 saturated carbocycles. The number of anilines is 1. The van der Waals surface area contributed by atoms with Crippen molar-refractivity contribution in [3.05, 3.63) is 53.1 Å². The van der Waals surface area contributed by atoms with Gasteiger partial charge in [-0.3, -0.25) is 0 Å². The Morgan fingerprint density at radius 3 is 2.30 bits per heavy atom. The van der Waals surface area contributed by atoms with Gasteiger partial charge in [0.15, 0.2) is 5.75 Å². The van der Waals surface area contributed by atoms with Gasteiger partial charge in [-0.2, -0.15) is 0 Å². The summed E-state index contributed by atoms with van der Waals surface area (Å²) >= 11 is 0. The Hall–Kier alpha value is -1.96. The van der Waals surface area contributed by atoms with E-state index in [-0.39, 0.29) is 5.41 Å². The molecule has 0 aliphatic rings. The summed E-state index contributed by atoms with van der Waals surface area (Å²) in [5, 5.41) is 0. The minimum atomic E-state index is 0.0277. The predicted molar refractivity (Wildman–Crippen MR) is 85.5 cm³/mol. The average molecular weight is 269 g/mol. The average Bonchev–Trinajstić information content (AvgIpc) is 2.36. The summed E-state index contributed by atoms with van der Waals surface area (Å²) in [5.74, 6) is 1.60. The van der Waals surface area contributed by atoms with Crippen LogP contribution in [0.4, 0.5) is 5.69 Å². The molecule has 0 aliphatic heterocycles. The van der Waals surface area contributed by atoms with E-state index in [0.717, 1.165) is 17.1 Å². The van der Waals surface area contributed by atoms with Crippen LogP contribution >= 0.6 is 0 Å². The van der Waals surface area contributed by atoms with Crippen molar-refractivity contribution in [2.75, 3.05) is 5.73 Å². The van der Waals surface area contributed by atoms with Gasteiger partial charge in [0.1, 0.15) is 5.75 Å². The lowest BCUT2D eigenvalue weighted by molar-refractivity contribution is 0.456. The smallest absolute Gasteiger partial charge is 0.150 e.